The smallest absolute Gasteiger partial charge is 0.244 e. The van der Waals surface area contributed by atoms with Gasteiger partial charge in [-0.1, -0.05) is 0 Å². The molecule has 2 atom stereocenters. The van der Waals surface area contributed by atoms with E-state index in [0.717, 1.165) is 18.9 Å². The molecule has 8 heteroatoms. The molecule has 1 aliphatic carbocycles. The van der Waals surface area contributed by atoms with E-state index in [2.05, 4.69) is 20.7 Å². The number of halogens is 3. The lowest BCUT2D eigenvalue weighted by Crippen LogP contribution is -2.41. The third-order valence-electron chi connectivity index (χ3n) is 3.29. The van der Waals surface area contributed by atoms with Crippen LogP contribution in [0.25, 0.3) is 0 Å². The highest BCUT2D eigenvalue weighted by Crippen LogP contribution is 2.28. The minimum atomic E-state index is -4.08. The van der Waals surface area contributed by atoms with Gasteiger partial charge in [0.05, 0.1) is 6.10 Å². The number of hydrogen-bond acceptors (Lipinski definition) is 3. The predicted octanol–water partition coefficient (Wildman–Crippen LogP) is 2.57. The van der Waals surface area contributed by atoms with E-state index < -0.39 is 32.6 Å². The molecule has 0 aromatic heterocycles. The molecule has 1 saturated carbocycles. The lowest BCUT2D eigenvalue weighted by Gasteiger charge is -2.20. The molecule has 1 aromatic rings. The van der Waals surface area contributed by atoms with Crippen molar-refractivity contribution in [1.82, 2.24) is 4.72 Å². The van der Waals surface area contributed by atoms with E-state index >= 15 is 0 Å². The Morgan fingerprint density at radius 2 is 2.05 bits per heavy atom. The molecule has 0 spiro atoms. The van der Waals surface area contributed by atoms with Gasteiger partial charge in [0, 0.05) is 23.7 Å². The van der Waals surface area contributed by atoms with Gasteiger partial charge in [-0.15, -0.1) is 0 Å². The second-order valence-corrected chi connectivity index (χ2v) is 7.14. The van der Waals surface area contributed by atoms with Crippen molar-refractivity contribution in [1.29, 1.82) is 0 Å². The Kier molecular flexibility index (Phi) is 4.78. The minimum absolute atomic E-state index is 0.144. The zero-order chi connectivity index (χ0) is 14.9. The van der Waals surface area contributed by atoms with Gasteiger partial charge < -0.3 is 4.74 Å². The first-order valence-corrected chi connectivity index (χ1v) is 8.32. The summed E-state index contributed by atoms with van der Waals surface area (Å²) in [6.07, 6.45) is 1.97. The molecule has 1 fully saturated rings. The molecule has 1 N–H and O–H groups in total. The van der Waals surface area contributed by atoms with Crippen molar-refractivity contribution in [2.24, 2.45) is 0 Å². The summed E-state index contributed by atoms with van der Waals surface area (Å²) >= 11 is 2.88. The molecule has 0 bridgehead atoms. The summed E-state index contributed by atoms with van der Waals surface area (Å²) < 4.78 is 58.7. The van der Waals surface area contributed by atoms with Gasteiger partial charge in [-0.2, -0.15) is 0 Å². The molecular formula is C12H14BrF2NO3S. The zero-order valence-corrected chi connectivity index (χ0v) is 13.1. The predicted molar refractivity (Wildman–Crippen MR) is 72.8 cm³/mol. The first-order chi connectivity index (χ1) is 9.35. The van der Waals surface area contributed by atoms with Crippen LogP contribution >= 0.6 is 15.9 Å². The quantitative estimate of drug-likeness (QED) is 0.887. The summed E-state index contributed by atoms with van der Waals surface area (Å²) in [4.78, 5) is -0.583. The van der Waals surface area contributed by atoms with Gasteiger partial charge in [-0.25, -0.2) is 21.9 Å². The van der Waals surface area contributed by atoms with Crippen molar-refractivity contribution in [2.75, 3.05) is 7.11 Å². The zero-order valence-electron chi connectivity index (χ0n) is 10.7. The molecule has 1 aromatic carbocycles. The number of rotatable bonds is 4. The Hall–Kier alpha value is -0.570. The van der Waals surface area contributed by atoms with Crippen LogP contribution in [0.4, 0.5) is 8.78 Å². The normalized spacial score (nSPS) is 23.2. The van der Waals surface area contributed by atoms with E-state index in [9.17, 15) is 17.2 Å². The molecule has 112 valence electrons. The molecule has 0 saturated heterocycles. The van der Waals surface area contributed by atoms with E-state index in [1.54, 1.807) is 0 Å². The minimum Gasteiger partial charge on any atom is -0.380 e. The van der Waals surface area contributed by atoms with Crippen molar-refractivity contribution in [3.8, 4) is 0 Å². The second-order valence-electron chi connectivity index (χ2n) is 4.63. The van der Waals surface area contributed by atoms with Crippen LogP contribution in [-0.2, 0) is 14.8 Å². The van der Waals surface area contributed by atoms with Gasteiger partial charge in [0.25, 0.3) is 0 Å². The van der Waals surface area contributed by atoms with Gasteiger partial charge in [-0.05, 0) is 41.3 Å². The molecule has 0 amide bonds. The molecule has 2 rings (SSSR count). The Morgan fingerprint density at radius 3 is 2.65 bits per heavy atom. The van der Waals surface area contributed by atoms with Gasteiger partial charge >= 0.3 is 0 Å². The van der Waals surface area contributed by atoms with Gasteiger partial charge in [0.15, 0.2) is 0 Å². The standard InChI is InChI=1S/C12H14BrF2NO3S/c1-19-11-4-2-3-10(11)16-20(17,18)12-8(13)5-7(14)6-9(12)15/h5-6,10-11,16H,2-4H2,1H3. The van der Waals surface area contributed by atoms with Crippen molar-refractivity contribution in [3.63, 3.8) is 0 Å². The van der Waals surface area contributed by atoms with Crippen LogP contribution in [0.1, 0.15) is 19.3 Å². The average Bonchev–Trinajstić information content (AvgIpc) is 2.73. The fourth-order valence-electron chi connectivity index (χ4n) is 2.39. The third kappa shape index (κ3) is 3.19. The van der Waals surface area contributed by atoms with Crippen molar-refractivity contribution in [2.45, 2.75) is 36.3 Å². The maximum absolute atomic E-state index is 13.7. The number of ether oxygens (including phenoxy) is 1. The van der Waals surface area contributed by atoms with Gasteiger partial charge in [-0.3, -0.25) is 0 Å². The van der Waals surface area contributed by atoms with Crippen LogP contribution in [0.2, 0.25) is 0 Å². The average molecular weight is 370 g/mol. The number of sulfonamides is 1. The van der Waals surface area contributed by atoms with Gasteiger partial charge in [0.1, 0.15) is 16.5 Å². The molecule has 0 radical (unpaired) electrons. The van der Waals surface area contributed by atoms with Crippen LogP contribution in [-0.4, -0.2) is 27.7 Å². The number of nitrogens with one attached hydrogen (secondary N) is 1. The van der Waals surface area contributed by atoms with E-state index in [0.29, 0.717) is 12.5 Å². The summed E-state index contributed by atoms with van der Waals surface area (Å²) in [7, 11) is -2.58. The Labute approximate surface area is 124 Å². The van der Waals surface area contributed by atoms with Crippen molar-refractivity contribution >= 4 is 26.0 Å². The fourth-order valence-corrected chi connectivity index (χ4v) is 4.85. The SMILES string of the molecule is COC1CCCC1NS(=O)(=O)c1c(F)cc(F)cc1Br. The summed E-state index contributed by atoms with van der Waals surface area (Å²) in [5.74, 6) is -1.97. The number of benzene rings is 1. The lowest BCUT2D eigenvalue weighted by molar-refractivity contribution is 0.0916. The largest absolute Gasteiger partial charge is 0.380 e. The van der Waals surface area contributed by atoms with E-state index in [-0.39, 0.29) is 10.6 Å². The molecule has 20 heavy (non-hydrogen) atoms. The molecule has 0 aliphatic heterocycles. The molecule has 2 unspecified atom stereocenters. The summed E-state index contributed by atoms with van der Waals surface area (Å²) in [6.45, 7) is 0. The summed E-state index contributed by atoms with van der Waals surface area (Å²) in [5, 5.41) is 0. The highest BCUT2D eigenvalue weighted by molar-refractivity contribution is 9.10. The monoisotopic (exact) mass is 369 g/mol. The maximum atomic E-state index is 13.7. The van der Waals surface area contributed by atoms with Crippen LogP contribution in [0.5, 0.6) is 0 Å². The van der Waals surface area contributed by atoms with E-state index in [1.165, 1.54) is 7.11 Å². The Bertz CT molecular complexity index is 586. The topological polar surface area (TPSA) is 55.4 Å². The van der Waals surface area contributed by atoms with Gasteiger partial charge in [0.2, 0.25) is 10.0 Å². The lowest BCUT2D eigenvalue weighted by atomic mass is 10.2. The molecular weight excluding hydrogens is 356 g/mol. The van der Waals surface area contributed by atoms with Crippen LogP contribution in [0.3, 0.4) is 0 Å². The third-order valence-corrected chi connectivity index (χ3v) is 5.75. The highest BCUT2D eigenvalue weighted by Gasteiger charge is 2.33. The number of methoxy groups -OCH3 is 1. The first kappa shape index (κ1) is 15.8. The summed E-state index contributed by atoms with van der Waals surface area (Å²) in [5.41, 5.74) is 0. The summed E-state index contributed by atoms with van der Waals surface area (Å²) in [6, 6.07) is 1.06. The van der Waals surface area contributed by atoms with Crippen LogP contribution < -0.4 is 4.72 Å². The maximum Gasteiger partial charge on any atom is 0.244 e. The first-order valence-electron chi connectivity index (χ1n) is 6.05. The Morgan fingerprint density at radius 1 is 1.35 bits per heavy atom. The van der Waals surface area contributed by atoms with Crippen LogP contribution in [0, 0.1) is 11.6 Å². The van der Waals surface area contributed by atoms with E-state index in [1.807, 2.05) is 0 Å². The number of hydrogen-bond donors (Lipinski definition) is 1. The van der Waals surface area contributed by atoms with E-state index in [4.69, 9.17) is 4.74 Å². The Balaban J connectivity index is 2.32. The van der Waals surface area contributed by atoms with Crippen LogP contribution in [0.15, 0.2) is 21.5 Å². The molecule has 1 aliphatic rings. The fraction of sp³-hybridized carbons (Fsp3) is 0.500. The highest BCUT2D eigenvalue weighted by atomic mass is 79.9. The van der Waals surface area contributed by atoms with Crippen molar-refractivity contribution < 1.29 is 21.9 Å². The van der Waals surface area contributed by atoms with Crippen molar-refractivity contribution in [3.05, 3.63) is 28.2 Å². The second kappa shape index (κ2) is 6.05. The molecule has 0 heterocycles. The molecule has 4 nitrogen and oxygen atoms in total.